The Morgan fingerprint density at radius 2 is 2.14 bits per heavy atom. The van der Waals surface area contributed by atoms with E-state index in [0.29, 0.717) is 21.5 Å². The second-order valence-corrected chi connectivity index (χ2v) is 8.95. The smallest absolute Gasteiger partial charge is 0.346 e. The topological polar surface area (TPSA) is 62.3 Å². The number of benzene rings is 1. The van der Waals surface area contributed by atoms with E-state index in [1.807, 2.05) is 11.4 Å². The number of carbonyl (C=O) groups excluding carboxylic acids is 2. The average molecular weight is 444 g/mol. The normalized spacial score (nSPS) is 23.1. The summed E-state index contributed by atoms with van der Waals surface area (Å²) in [5, 5.41) is 3.16. The van der Waals surface area contributed by atoms with Crippen molar-refractivity contribution >= 4 is 34.8 Å². The Bertz CT molecular complexity index is 978. The van der Waals surface area contributed by atoms with Gasteiger partial charge in [0.15, 0.2) is 0 Å². The Hall–Kier alpha value is -2.13. The van der Waals surface area contributed by atoms with Gasteiger partial charge in [0, 0.05) is 18.1 Å². The van der Waals surface area contributed by atoms with Crippen LogP contribution in [0.1, 0.15) is 21.9 Å². The van der Waals surface area contributed by atoms with Gasteiger partial charge in [-0.3, -0.25) is 9.59 Å². The number of nitrogens with one attached hydrogen (secondary N) is 1. The summed E-state index contributed by atoms with van der Waals surface area (Å²) in [6, 6.07) is 6.62. The molecule has 1 N–H and O–H groups in total. The predicted octanol–water partition coefficient (Wildman–Crippen LogP) is 3.91. The van der Waals surface area contributed by atoms with Gasteiger partial charge in [-0.25, -0.2) is 4.98 Å². The second-order valence-electron chi connectivity index (χ2n) is 7.31. The summed E-state index contributed by atoms with van der Waals surface area (Å²) in [5.41, 5.74) is 1.03. The van der Waals surface area contributed by atoms with E-state index in [2.05, 4.69) is 4.98 Å². The number of thiazole rings is 1. The molecule has 1 aromatic carbocycles. The number of aromatic nitrogens is 1. The number of carbonyl (C=O) groups is 2. The molecule has 3 atom stereocenters. The van der Waals surface area contributed by atoms with Crippen LogP contribution in [0.4, 0.5) is 13.2 Å². The molecule has 1 aromatic heterocycles. The zero-order chi connectivity index (χ0) is 20.9. The molecule has 1 unspecified atom stereocenters. The number of amides is 2. The Labute approximate surface area is 173 Å². The maximum Gasteiger partial charge on any atom is 0.471 e. The molecule has 5 nitrogen and oxygen atoms in total. The molecule has 2 aliphatic rings. The monoisotopic (exact) mass is 443 g/mol. The van der Waals surface area contributed by atoms with Crippen LogP contribution in [0.5, 0.6) is 0 Å². The molecule has 2 aromatic rings. The predicted molar refractivity (Wildman–Crippen MR) is 103 cm³/mol. The third kappa shape index (κ3) is 3.98. The number of rotatable bonds is 4. The van der Waals surface area contributed by atoms with Crippen LogP contribution in [0.2, 0.25) is 5.02 Å². The summed E-state index contributed by atoms with van der Waals surface area (Å²) in [6.07, 6.45) is -4.09. The van der Waals surface area contributed by atoms with Gasteiger partial charge in [-0.2, -0.15) is 13.2 Å². The van der Waals surface area contributed by atoms with E-state index in [1.54, 1.807) is 30.0 Å². The minimum atomic E-state index is -4.94. The highest BCUT2D eigenvalue weighted by molar-refractivity contribution is 7.15. The quantitative estimate of drug-likeness (QED) is 0.779. The molecule has 1 aliphatic heterocycles. The standard InChI is InChI=1S/C19H17ClF3N3O2S/c1-9-25-15(16(29-9)10-3-2-4-12(20)5-10)17(27)26-8-11-6-13(11)14(26)7-24-18(28)19(21,22)23/h2-5,11,13-14H,6-8H2,1H3,(H,24,28)/t11-,13?,14+/m0/s1. The highest BCUT2D eigenvalue weighted by Crippen LogP contribution is 2.50. The zero-order valence-electron chi connectivity index (χ0n) is 15.3. The molecule has 154 valence electrons. The van der Waals surface area contributed by atoms with Gasteiger partial charge >= 0.3 is 12.1 Å². The van der Waals surface area contributed by atoms with E-state index >= 15 is 0 Å². The van der Waals surface area contributed by atoms with Crippen LogP contribution in [-0.2, 0) is 4.79 Å². The summed E-state index contributed by atoms with van der Waals surface area (Å²) >= 11 is 7.44. The van der Waals surface area contributed by atoms with Crippen molar-refractivity contribution < 1.29 is 22.8 Å². The van der Waals surface area contributed by atoms with Gasteiger partial charge in [0.25, 0.3) is 5.91 Å². The van der Waals surface area contributed by atoms with Crippen molar-refractivity contribution in [1.29, 1.82) is 0 Å². The van der Waals surface area contributed by atoms with Gasteiger partial charge < -0.3 is 10.2 Å². The number of halogens is 4. The summed E-state index contributed by atoms with van der Waals surface area (Å²) in [5.74, 6) is -1.94. The molecule has 1 saturated carbocycles. The first-order valence-electron chi connectivity index (χ1n) is 9.04. The third-order valence-electron chi connectivity index (χ3n) is 5.32. The Morgan fingerprint density at radius 1 is 1.38 bits per heavy atom. The lowest BCUT2D eigenvalue weighted by molar-refractivity contribution is -0.173. The van der Waals surface area contributed by atoms with Crippen molar-refractivity contribution in [3.05, 3.63) is 40.0 Å². The number of nitrogens with zero attached hydrogens (tertiary/aromatic N) is 2. The SMILES string of the molecule is Cc1nc(C(=O)N2C[C@@H]3CC3[C@H]2CNC(=O)C(F)(F)F)c(-c2cccc(Cl)c2)s1. The van der Waals surface area contributed by atoms with E-state index in [1.165, 1.54) is 11.3 Å². The summed E-state index contributed by atoms with van der Waals surface area (Å²) < 4.78 is 37.5. The van der Waals surface area contributed by atoms with Gasteiger partial charge in [-0.1, -0.05) is 23.7 Å². The van der Waals surface area contributed by atoms with Crippen LogP contribution >= 0.6 is 22.9 Å². The highest BCUT2D eigenvalue weighted by atomic mass is 35.5. The fourth-order valence-corrected chi connectivity index (χ4v) is 4.99. The van der Waals surface area contributed by atoms with Gasteiger partial charge in [-0.05, 0) is 42.9 Å². The maximum absolute atomic E-state index is 13.3. The van der Waals surface area contributed by atoms with Crippen LogP contribution in [0.3, 0.4) is 0 Å². The number of hydrogen-bond acceptors (Lipinski definition) is 4. The number of hydrogen-bond donors (Lipinski definition) is 1. The van der Waals surface area contributed by atoms with Crippen LogP contribution in [0.15, 0.2) is 24.3 Å². The Kier molecular flexibility index (Phi) is 5.06. The number of fused-ring (bicyclic) bond motifs is 1. The van der Waals surface area contributed by atoms with Gasteiger partial charge in [0.1, 0.15) is 5.69 Å². The van der Waals surface area contributed by atoms with Crippen molar-refractivity contribution in [3.8, 4) is 10.4 Å². The summed E-state index contributed by atoms with van der Waals surface area (Å²) in [4.78, 5) is 31.1. The van der Waals surface area contributed by atoms with Crippen molar-refractivity contribution in [3.63, 3.8) is 0 Å². The van der Waals surface area contributed by atoms with Crippen molar-refractivity contribution in [2.75, 3.05) is 13.1 Å². The molecule has 2 fully saturated rings. The molecule has 1 aliphatic carbocycles. The highest BCUT2D eigenvalue weighted by Gasteiger charge is 2.54. The van der Waals surface area contributed by atoms with Gasteiger partial charge in [0.05, 0.1) is 15.9 Å². The zero-order valence-corrected chi connectivity index (χ0v) is 16.9. The van der Waals surface area contributed by atoms with E-state index in [9.17, 15) is 22.8 Å². The van der Waals surface area contributed by atoms with Gasteiger partial charge in [0.2, 0.25) is 0 Å². The van der Waals surface area contributed by atoms with E-state index in [-0.39, 0.29) is 30.0 Å². The van der Waals surface area contributed by atoms with E-state index in [4.69, 9.17) is 11.6 Å². The Balaban J connectivity index is 1.57. The summed E-state index contributed by atoms with van der Waals surface area (Å²) in [7, 11) is 0. The van der Waals surface area contributed by atoms with Crippen molar-refractivity contribution in [1.82, 2.24) is 15.2 Å². The molecule has 29 heavy (non-hydrogen) atoms. The van der Waals surface area contributed by atoms with Crippen molar-refractivity contribution in [2.45, 2.75) is 25.6 Å². The Morgan fingerprint density at radius 3 is 2.83 bits per heavy atom. The molecular formula is C19H17ClF3N3O2S. The van der Waals surface area contributed by atoms with Crippen molar-refractivity contribution in [2.24, 2.45) is 11.8 Å². The molecule has 1 saturated heterocycles. The van der Waals surface area contributed by atoms with E-state index < -0.39 is 18.1 Å². The lowest BCUT2D eigenvalue weighted by atomic mass is 10.1. The van der Waals surface area contributed by atoms with Crippen LogP contribution in [0, 0.1) is 18.8 Å². The molecular weight excluding hydrogens is 427 g/mol. The number of alkyl halides is 3. The fourth-order valence-electron chi connectivity index (χ4n) is 3.90. The molecule has 4 rings (SSSR count). The lowest BCUT2D eigenvalue weighted by Crippen LogP contribution is -2.48. The second kappa shape index (κ2) is 7.28. The fraction of sp³-hybridized carbons (Fsp3) is 0.421. The van der Waals surface area contributed by atoms with Crippen LogP contribution in [-0.4, -0.2) is 47.0 Å². The first-order valence-corrected chi connectivity index (χ1v) is 10.2. The van der Waals surface area contributed by atoms with Crippen LogP contribution in [0.25, 0.3) is 10.4 Å². The molecule has 0 radical (unpaired) electrons. The molecule has 2 heterocycles. The first kappa shape index (κ1) is 20.2. The number of likely N-dealkylation sites (tertiary alicyclic amines) is 1. The molecule has 2 amide bonds. The number of aryl methyl sites for hydroxylation is 1. The largest absolute Gasteiger partial charge is 0.471 e. The molecule has 0 bridgehead atoms. The van der Waals surface area contributed by atoms with E-state index in [0.717, 1.165) is 12.0 Å². The molecule has 10 heteroatoms. The van der Waals surface area contributed by atoms with Crippen LogP contribution < -0.4 is 5.32 Å². The average Bonchev–Trinajstić information content (AvgIpc) is 3.16. The lowest BCUT2D eigenvalue weighted by Gasteiger charge is -2.27. The maximum atomic E-state index is 13.3. The summed E-state index contributed by atoms with van der Waals surface area (Å²) in [6.45, 7) is 2.03. The third-order valence-corrected chi connectivity index (χ3v) is 6.57. The minimum absolute atomic E-state index is 0.113. The van der Waals surface area contributed by atoms with Gasteiger partial charge in [-0.15, -0.1) is 11.3 Å². The minimum Gasteiger partial charge on any atom is -0.346 e. The molecule has 0 spiro atoms. The first-order chi connectivity index (χ1) is 13.6. The number of piperidine rings is 1.